The highest BCUT2D eigenvalue weighted by Crippen LogP contribution is 2.25. The van der Waals surface area contributed by atoms with Crippen LogP contribution in [0.5, 0.6) is 0 Å². The lowest BCUT2D eigenvalue weighted by molar-refractivity contribution is 0.638. The average molecular weight is 324 g/mol. The number of rotatable bonds is 3. The Morgan fingerprint density at radius 1 is 1.14 bits per heavy atom. The lowest BCUT2D eigenvalue weighted by Crippen LogP contribution is -2.28. The first-order valence-corrected chi connectivity index (χ1v) is 7.66. The van der Waals surface area contributed by atoms with Crippen LogP contribution >= 0.6 is 23.2 Å². The molecule has 0 N–H and O–H groups in total. The first-order valence-electron chi connectivity index (χ1n) is 6.91. The molecule has 2 heterocycles. The molecule has 110 valence electrons. The van der Waals surface area contributed by atoms with Crippen LogP contribution in [0.15, 0.2) is 35.3 Å². The summed E-state index contributed by atoms with van der Waals surface area (Å²) in [7, 11) is 0. The largest absolute Gasteiger partial charge is 0.369 e. The molecule has 4 nitrogen and oxygen atoms in total. The predicted octanol–water partition coefficient (Wildman–Crippen LogP) is 3.20. The fourth-order valence-corrected chi connectivity index (χ4v) is 3.00. The van der Waals surface area contributed by atoms with E-state index in [1.165, 1.54) is 4.68 Å². The summed E-state index contributed by atoms with van der Waals surface area (Å²) in [5.41, 5.74) is 1.30. The third-order valence-corrected chi connectivity index (χ3v) is 4.42. The van der Waals surface area contributed by atoms with Gasteiger partial charge in [-0.2, -0.15) is 5.10 Å². The van der Waals surface area contributed by atoms with Crippen LogP contribution in [0, 0.1) is 0 Å². The normalized spacial score (nSPS) is 14.7. The van der Waals surface area contributed by atoms with Gasteiger partial charge < -0.3 is 4.90 Å². The van der Waals surface area contributed by atoms with Gasteiger partial charge in [-0.25, -0.2) is 4.68 Å². The zero-order valence-electron chi connectivity index (χ0n) is 11.4. The molecule has 1 fully saturated rings. The van der Waals surface area contributed by atoms with E-state index < -0.39 is 0 Å². The van der Waals surface area contributed by atoms with E-state index in [9.17, 15) is 4.79 Å². The van der Waals surface area contributed by atoms with Gasteiger partial charge in [-0.1, -0.05) is 41.4 Å². The Labute approximate surface area is 132 Å². The Morgan fingerprint density at radius 3 is 2.57 bits per heavy atom. The standard InChI is InChI=1S/C15H15Cl2N3O/c16-12-6-2-1-5-11(12)10-20-15(21)14(17)13(9-18-20)19-7-3-4-8-19/h1-2,5-6,9H,3-4,7-8,10H2. The maximum Gasteiger partial charge on any atom is 0.287 e. The number of aromatic nitrogens is 2. The van der Waals surface area contributed by atoms with Crippen molar-refractivity contribution in [2.45, 2.75) is 19.4 Å². The van der Waals surface area contributed by atoms with Crippen molar-refractivity contribution in [3.8, 4) is 0 Å². The molecule has 0 unspecified atom stereocenters. The van der Waals surface area contributed by atoms with Gasteiger partial charge in [-0.05, 0) is 24.5 Å². The van der Waals surface area contributed by atoms with Crippen molar-refractivity contribution in [1.29, 1.82) is 0 Å². The van der Waals surface area contributed by atoms with E-state index in [1.807, 2.05) is 18.2 Å². The highest BCUT2D eigenvalue weighted by atomic mass is 35.5. The third-order valence-electron chi connectivity index (χ3n) is 3.69. The third kappa shape index (κ3) is 2.92. The van der Waals surface area contributed by atoms with E-state index in [0.29, 0.717) is 11.6 Å². The van der Waals surface area contributed by atoms with E-state index in [4.69, 9.17) is 23.2 Å². The van der Waals surface area contributed by atoms with Gasteiger partial charge in [0, 0.05) is 18.1 Å². The predicted molar refractivity (Wildman–Crippen MR) is 85.5 cm³/mol. The number of anilines is 1. The highest BCUT2D eigenvalue weighted by Gasteiger charge is 2.18. The lowest BCUT2D eigenvalue weighted by atomic mass is 10.2. The second-order valence-electron chi connectivity index (χ2n) is 5.09. The molecule has 1 aliphatic rings. The molecule has 3 rings (SSSR count). The summed E-state index contributed by atoms with van der Waals surface area (Å²) < 4.78 is 1.35. The molecular weight excluding hydrogens is 309 g/mol. The smallest absolute Gasteiger partial charge is 0.287 e. The van der Waals surface area contributed by atoms with Gasteiger partial charge in [0.1, 0.15) is 5.02 Å². The summed E-state index contributed by atoms with van der Waals surface area (Å²) in [6, 6.07) is 7.40. The van der Waals surface area contributed by atoms with E-state index in [1.54, 1.807) is 12.3 Å². The molecule has 1 aromatic heterocycles. The van der Waals surface area contributed by atoms with Crippen LogP contribution in [0.1, 0.15) is 18.4 Å². The van der Waals surface area contributed by atoms with Crippen molar-refractivity contribution in [2.75, 3.05) is 18.0 Å². The number of benzene rings is 1. The van der Waals surface area contributed by atoms with Crippen molar-refractivity contribution >= 4 is 28.9 Å². The molecule has 21 heavy (non-hydrogen) atoms. The van der Waals surface area contributed by atoms with Crippen LogP contribution in [0.25, 0.3) is 0 Å². The molecule has 0 spiro atoms. The lowest BCUT2D eigenvalue weighted by Gasteiger charge is -2.18. The SMILES string of the molecule is O=c1c(Cl)c(N2CCCC2)cnn1Cc1ccccc1Cl. The monoisotopic (exact) mass is 323 g/mol. The van der Waals surface area contributed by atoms with E-state index in [-0.39, 0.29) is 10.6 Å². The molecule has 0 saturated carbocycles. The summed E-state index contributed by atoms with van der Waals surface area (Å²) in [6.45, 7) is 2.17. The maximum absolute atomic E-state index is 12.4. The van der Waals surface area contributed by atoms with Gasteiger partial charge in [0.2, 0.25) is 0 Å². The van der Waals surface area contributed by atoms with Crippen LogP contribution < -0.4 is 10.5 Å². The van der Waals surface area contributed by atoms with Crippen molar-refractivity contribution in [1.82, 2.24) is 9.78 Å². The van der Waals surface area contributed by atoms with Crippen LogP contribution in [0.4, 0.5) is 5.69 Å². The number of hydrogen-bond donors (Lipinski definition) is 0. The molecule has 1 saturated heterocycles. The molecule has 1 aliphatic heterocycles. The summed E-state index contributed by atoms with van der Waals surface area (Å²) in [4.78, 5) is 14.5. The zero-order chi connectivity index (χ0) is 14.8. The zero-order valence-corrected chi connectivity index (χ0v) is 12.9. The molecule has 0 bridgehead atoms. The summed E-state index contributed by atoms with van der Waals surface area (Å²) >= 11 is 12.4. The Bertz CT molecular complexity index is 708. The molecule has 0 amide bonds. The highest BCUT2D eigenvalue weighted by molar-refractivity contribution is 6.33. The Morgan fingerprint density at radius 2 is 1.86 bits per heavy atom. The van der Waals surface area contributed by atoms with Crippen molar-refractivity contribution < 1.29 is 0 Å². The van der Waals surface area contributed by atoms with Gasteiger partial charge in [-0.3, -0.25) is 4.79 Å². The topological polar surface area (TPSA) is 38.1 Å². The first-order chi connectivity index (χ1) is 10.2. The molecule has 0 radical (unpaired) electrons. The van der Waals surface area contributed by atoms with Crippen LogP contribution in [-0.2, 0) is 6.54 Å². The second-order valence-corrected chi connectivity index (χ2v) is 5.88. The summed E-state index contributed by atoms with van der Waals surface area (Å²) in [5, 5.41) is 5.09. The first kappa shape index (κ1) is 14.4. The molecule has 2 aromatic rings. The molecular formula is C15H15Cl2N3O. The van der Waals surface area contributed by atoms with Crippen LogP contribution in [-0.4, -0.2) is 22.9 Å². The molecule has 0 atom stereocenters. The quantitative estimate of drug-likeness (QED) is 0.870. The van der Waals surface area contributed by atoms with Crippen LogP contribution in [0.3, 0.4) is 0 Å². The minimum atomic E-state index is -0.277. The van der Waals surface area contributed by atoms with E-state index in [0.717, 1.165) is 37.2 Å². The minimum absolute atomic E-state index is 0.235. The Kier molecular flexibility index (Phi) is 4.17. The van der Waals surface area contributed by atoms with Gasteiger partial charge in [0.15, 0.2) is 0 Å². The number of nitrogens with zero attached hydrogens (tertiary/aromatic N) is 3. The van der Waals surface area contributed by atoms with E-state index in [2.05, 4.69) is 10.00 Å². The maximum atomic E-state index is 12.4. The van der Waals surface area contributed by atoms with Crippen molar-refractivity contribution in [3.05, 3.63) is 56.4 Å². The number of halogens is 2. The van der Waals surface area contributed by atoms with Gasteiger partial charge >= 0.3 is 0 Å². The molecule has 0 aliphatic carbocycles. The van der Waals surface area contributed by atoms with E-state index >= 15 is 0 Å². The van der Waals surface area contributed by atoms with Gasteiger partial charge in [0.05, 0.1) is 18.4 Å². The Hall–Kier alpha value is -1.52. The minimum Gasteiger partial charge on any atom is -0.369 e. The number of hydrogen-bond acceptors (Lipinski definition) is 3. The van der Waals surface area contributed by atoms with Crippen molar-refractivity contribution in [2.24, 2.45) is 0 Å². The average Bonchev–Trinajstić information content (AvgIpc) is 3.00. The fraction of sp³-hybridized carbons (Fsp3) is 0.333. The van der Waals surface area contributed by atoms with Gasteiger partial charge in [0.25, 0.3) is 5.56 Å². The fourth-order valence-electron chi connectivity index (χ4n) is 2.54. The Balaban J connectivity index is 1.92. The molecule has 6 heteroatoms. The summed E-state index contributed by atoms with van der Waals surface area (Å²) in [6.07, 6.45) is 3.92. The van der Waals surface area contributed by atoms with Crippen LogP contribution in [0.2, 0.25) is 10.0 Å². The van der Waals surface area contributed by atoms with Gasteiger partial charge in [-0.15, -0.1) is 0 Å². The van der Waals surface area contributed by atoms with Crippen molar-refractivity contribution in [3.63, 3.8) is 0 Å². The summed E-state index contributed by atoms with van der Waals surface area (Å²) in [5.74, 6) is 0. The second kappa shape index (κ2) is 6.08. The molecule has 1 aromatic carbocycles.